The summed E-state index contributed by atoms with van der Waals surface area (Å²) in [5.41, 5.74) is 0. The normalized spacial score (nSPS) is 24.6. The van der Waals surface area contributed by atoms with Crippen molar-refractivity contribution < 1.29 is 5.11 Å². The number of aliphatic hydroxyl groups excluding tert-OH is 1. The first-order valence-electron chi connectivity index (χ1n) is 6.64. The van der Waals surface area contributed by atoms with Gasteiger partial charge in [-0.3, -0.25) is 0 Å². The second-order valence-electron chi connectivity index (χ2n) is 5.00. The van der Waals surface area contributed by atoms with Gasteiger partial charge in [0.2, 0.25) is 0 Å². The molecule has 0 saturated carbocycles. The smallest absolute Gasteiger partial charge is 0.0552 e. The maximum absolute atomic E-state index is 9.48. The molecule has 15 heavy (non-hydrogen) atoms. The molecule has 1 rings (SSSR count). The molecule has 0 aromatic heterocycles. The van der Waals surface area contributed by atoms with Crippen molar-refractivity contribution in [3.63, 3.8) is 0 Å². The van der Waals surface area contributed by atoms with Crippen molar-refractivity contribution in [3.05, 3.63) is 0 Å². The summed E-state index contributed by atoms with van der Waals surface area (Å²) in [4.78, 5) is 2.52. The van der Waals surface area contributed by atoms with E-state index in [9.17, 15) is 5.11 Å². The first kappa shape index (κ1) is 13.0. The number of likely N-dealkylation sites (tertiary alicyclic amines) is 1. The minimum Gasteiger partial charge on any atom is -0.393 e. The molecule has 1 N–H and O–H groups in total. The zero-order valence-corrected chi connectivity index (χ0v) is 10.4. The van der Waals surface area contributed by atoms with E-state index in [2.05, 4.69) is 11.8 Å². The van der Waals surface area contributed by atoms with Gasteiger partial charge >= 0.3 is 0 Å². The second-order valence-corrected chi connectivity index (χ2v) is 5.00. The molecule has 2 heteroatoms. The van der Waals surface area contributed by atoms with Gasteiger partial charge in [0.15, 0.2) is 0 Å². The molecule has 0 spiro atoms. The molecule has 1 aliphatic rings. The fourth-order valence-corrected chi connectivity index (χ4v) is 2.40. The lowest BCUT2D eigenvalue weighted by Crippen LogP contribution is -2.25. The zero-order chi connectivity index (χ0) is 11.1. The van der Waals surface area contributed by atoms with Gasteiger partial charge in [-0.2, -0.15) is 0 Å². The molecular weight excluding hydrogens is 186 g/mol. The minimum atomic E-state index is -0.116. The van der Waals surface area contributed by atoms with E-state index in [1.807, 2.05) is 6.92 Å². The molecule has 0 aromatic rings. The quantitative estimate of drug-likeness (QED) is 0.657. The van der Waals surface area contributed by atoms with Crippen molar-refractivity contribution in [1.29, 1.82) is 0 Å². The first-order chi connectivity index (χ1) is 7.24. The Labute approximate surface area is 94.7 Å². The third-order valence-corrected chi connectivity index (χ3v) is 3.57. The molecule has 1 heterocycles. The van der Waals surface area contributed by atoms with E-state index in [1.54, 1.807) is 0 Å². The summed E-state index contributed by atoms with van der Waals surface area (Å²) in [6.45, 7) is 7.74. The number of unbranched alkanes of at least 4 members (excludes halogenated alkanes) is 4. The van der Waals surface area contributed by atoms with Gasteiger partial charge < -0.3 is 10.0 Å². The lowest BCUT2D eigenvalue weighted by molar-refractivity contribution is 0.127. The Morgan fingerprint density at radius 3 is 2.60 bits per heavy atom. The van der Waals surface area contributed by atoms with Crippen LogP contribution < -0.4 is 0 Å². The van der Waals surface area contributed by atoms with Crippen LogP contribution in [0.25, 0.3) is 0 Å². The Hall–Kier alpha value is -0.0800. The van der Waals surface area contributed by atoms with Crippen molar-refractivity contribution in [1.82, 2.24) is 4.90 Å². The molecule has 2 unspecified atom stereocenters. The maximum atomic E-state index is 9.48. The second kappa shape index (κ2) is 7.24. The summed E-state index contributed by atoms with van der Waals surface area (Å²) in [6.07, 6.45) is 7.90. The monoisotopic (exact) mass is 213 g/mol. The number of hydrogen-bond acceptors (Lipinski definition) is 2. The molecule has 1 fully saturated rings. The SMILES string of the molecule is CCCCCCCN1CCC(C(C)O)C1. The summed E-state index contributed by atoms with van der Waals surface area (Å²) in [5.74, 6) is 0.528. The van der Waals surface area contributed by atoms with Crippen LogP contribution in [-0.4, -0.2) is 35.7 Å². The highest BCUT2D eigenvalue weighted by atomic mass is 16.3. The van der Waals surface area contributed by atoms with Crippen molar-refractivity contribution in [2.45, 2.75) is 58.5 Å². The van der Waals surface area contributed by atoms with Gasteiger partial charge in [0.05, 0.1) is 6.10 Å². The van der Waals surface area contributed by atoms with Crippen LogP contribution in [0, 0.1) is 5.92 Å². The highest BCUT2D eigenvalue weighted by Crippen LogP contribution is 2.20. The highest BCUT2D eigenvalue weighted by molar-refractivity contribution is 4.78. The van der Waals surface area contributed by atoms with Gasteiger partial charge in [-0.25, -0.2) is 0 Å². The Balaban J connectivity index is 1.99. The minimum absolute atomic E-state index is 0.116. The largest absolute Gasteiger partial charge is 0.393 e. The van der Waals surface area contributed by atoms with E-state index in [0.717, 1.165) is 6.54 Å². The van der Waals surface area contributed by atoms with Gasteiger partial charge in [0.25, 0.3) is 0 Å². The van der Waals surface area contributed by atoms with E-state index in [4.69, 9.17) is 0 Å². The highest BCUT2D eigenvalue weighted by Gasteiger charge is 2.25. The van der Waals surface area contributed by atoms with E-state index in [1.165, 1.54) is 51.6 Å². The van der Waals surface area contributed by atoms with Gasteiger partial charge in [-0.1, -0.05) is 32.6 Å². The van der Waals surface area contributed by atoms with Gasteiger partial charge in [-0.15, -0.1) is 0 Å². The molecule has 0 aromatic carbocycles. The van der Waals surface area contributed by atoms with Gasteiger partial charge in [0, 0.05) is 6.54 Å². The molecule has 1 aliphatic heterocycles. The topological polar surface area (TPSA) is 23.5 Å². The molecule has 0 aliphatic carbocycles. The van der Waals surface area contributed by atoms with Crippen molar-refractivity contribution in [3.8, 4) is 0 Å². The standard InChI is InChI=1S/C13H27NO/c1-3-4-5-6-7-9-14-10-8-13(11-14)12(2)15/h12-13,15H,3-11H2,1-2H3. The number of aliphatic hydroxyl groups is 1. The molecule has 1 saturated heterocycles. The summed E-state index contributed by atoms with van der Waals surface area (Å²) >= 11 is 0. The van der Waals surface area contributed by atoms with Crippen LogP contribution in [-0.2, 0) is 0 Å². The summed E-state index contributed by atoms with van der Waals surface area (Å²) < 4.78 is 0. The third-order valence-electron chi connectivity index (χ3n) is 3.57. The molecular formula is C13H27NO. The van der Waals surface area contributed by atoms with Gasteiger partial charge in [-0.05, 0) is 38.8 Å². The zero-order valence-electron chi connectivity index (χ0n) is 10.4. The van der Waals surface area contributed by atoms with Crippen LogP contribution in [0.5, 0.6) is 0 Å². The predicted octanol–water partition coefficient (Wildman–Crippen LogP) is 2.66. The van der Waals surface area contributed by atoms with E-state index in [0.29, 0.717) is 5.92 Å². The third kappa shape index (κ3) is 4.98. The Morgan fingerprint density at radius 2 is 2.00 bits per heavy atom. The molecule has 0 radical (unpaired) electrons. The number of hydrogen-bond donors (Lipinski definition) is 1. The molecule has 0 bridgehead atoms. The Bertz CT molecular complexity index is 159. The fraction of sp³-hybridized carbons (Fsp3) is 1.00. The van der Waals surface area contributed by atoms with Crippen LogP contribution in [0.2, 0.25) is 0 Å². The lowest BCUT2D eigenvalue weighted by Gasteiger charge is -2.17. The van der Waals surface area contributed by atoms with Crippen LogP contribution in [0.3, 0.4) is 0 Å². The van der Waals surface area contributed by atoms with Gasteiger partial charge in [0.1, 0.15) is 0 Å². The molecule has 0 amide bonds. The number of nitrogens with zero attached hydrogens (tertiary/aromatic N) is 1. The van der Waals surface area contributed by atoms with Crippen LogP contribution in [0.4, 0.5) is 0 Å². The first-order valence-corrected chi connectivity index (χ1v) is 6.64. The molecule has 2 nitrogen and oxygen atoms in total. The lowest BCUT2D eigenvalue weighted by atomic mass is 10.0. The summed E-state index contributed by atoms with van der Waals surface area (Å²) in [5, 5.41) is 9.48. The average molecular weight is 213 g/mol. The maximum Gasteiger partial charge on any atom is 0.0552 e. The van der Waals surface area contributed by atoms with Crippen molar-refractivity contribution in [2.24, 2.45) is 5.92 Å². The van der Waals surface area contributed by atoms with Crippen LogP contribution >= 0.6 is 0 Å². The van der Waals surface area contributed by atoms with E-state index >= 15 is 0 Å². The molecule has 90 valence electrons. The van der Waals surface area contributed by atoms with Crippen molar-refractivity contribution >= 4 is 0 Å². The van der Waals surface area contributed by atoms with Crippen molar-refractivity contribution in [2.75, 3.05) is 19.6 Å². The van der Waals surface area contributed by atoms with E-state index < -0.39 is 0 Å². The Kier molecular flexibility index (Phi) is 6.26. The summed E-state index contributed by atoms with van der Waals surface area (Å²) in [6, 6.07) is 0. The molecule has 2 atom stereocenters. The fourth-order valence-electron chi connectivity index (χ4n) is 2.40. The summed E-state index contributed by atoms with van der Waals surface area (Å²) in [7, 11) is 0. The predicted molar refractivity (Wildman–Crippen MR) is 65.0 cm³/mol. The van der Waals surface area contributed by atoms with E-state index in [-0.39, 0.29) is 6.10 Å². The average Bonchev–Trinajstić information content (AvgIpc) is 2.66. The van der Waals surface area contributed by atoms with Crippen LogP contribution in [0.15, 0.2) is 0 Å². The number of rotatable bonds is 7. The van der Waals surface area contributed by atoms with Crippen LogP contribution in [0.1, 0.15) is 52.4 Å². The Morgan fingerprint density at radius 1 is 1.27 bits per heavy atom.